The van der Waals surface area contributed by atoms with Crippen molar-refractivity contribution in [3.63, 3.8) is 0 Å². The van der Waals surface area contributed by atoms with Crippen LogP contribution in [0.4, 0.5) is 0 Å². The lowest BCUT2D eigenvalue weighted by molar-refractivity contribution is 0.127. The fourth-order valence-corrected chi connectivity index (χ4v) is 2.78. The highest BCUT2D eigenvalue weighted by Gasteiger charge is 2.03. The molecule has 1 aromatic carbocycles. The lowest BCUT2D eigenvalue weighted by Crippen LogP contribution is -2.01. The van der Waals surface area contributed by atoms with Crippen LogP contribution in [0.2, 0.25) is 0 Å². The zero-order chi connectivity index (χ0) is 21.3. The maximum Gasteiger partial charge on any atom is 0.159 e. The van der Waals surface area contributed by atoms with Gasteiger partial charge >= 0.3 is 0 Å². The van der Waals surface area contributed by atoms with Crippen molar-refractivity contribution in [2.45, 2.75) is 58.8 Å². The Morgan fingerprint density at radius 2 is 1.37 bits per heavy atom. The van der Waals surface area contributed by atoms with Crippen molar-refractivity contribution in [1.29, 1.82) is 0 Å². The number of benzene rings is 1. The Balaban J connectivity index is 1.68. The molecule has 0 aliphatic carbocycles. The number of hydrogen-bond donors (Lipinski definition) is 0. The topological polar surface area (TPSA) is 53.5 Å². The molecule has 2 rings (SSSR count). The van der Waals surface area contributed by atoms with Crippen LogP contribution in [-0.4, -0.2) is 36.4 Å². The van der Waals surface area contributed by atoms with Gasteiger partial charge < -0.3 is 14.2 Å². The molecular weight excluding hydrogens is 376 g/mol. The Morgan fingerprint density at radius 3 is 2.10 bits per heavy atom. The van der Waals surface area contributed by atoms with Gasteiger partial charge in [-0.15, -0.1) is 0 Å². The smallest absolute Gasteiger partial charge is 0.159 e. The summed E-state index contributed by atoms with van der Waals surface area (Å²) in [6.45, 7) is 7.33. The van der Waals surface area contributed by atoms with Crippen LogP contribution in [0.15, 0.2) is 48.8 Å². The average Bonchev–Trinajstić information content (AvgIpc) is 2.79. The van der Waals surface area contributed by atoms with Gasteiger partial charge in [0.05, 0.1) is 25.6 Å². The van der Waals surface area contributed by atoms with E-state index >= 15 is 0 Å². The van der Waals surface area contributed by atoms with E-state index in [1.165, 1.54) is 6.42 Å². The molecule has 0 fully saturated rings. The third-order valence-corrected chi connectivity index (χ3v) is 4.45. The molecule has 0 N–H and O–H groups in total. The molecule has 0 spiro atoms. The van der Waals surface area contributed by atoms with E-state index in [2.05, 4.69) is 36.0 Å². The SMILES string of the molecule is CCC/C=C/CCCOc1cnc(-c2ccc(OCCCCOCCC)cc2)nc1. The first-order valence-corrected chi connectivity index (χ1v) is 11.2. The first-order valence-electron chi connectivity index (χ1n) is 11.2. The number of nitrogens with zero attached hydrogens (tertiary/aromatic N) is 2. The van der Waals surface area contributed by atoms with Gasteiger partial charge in [-0.1, -0.05) is 32.4 Å². The zero-order valence-electron chi connectivity index (χ0n) is 18.5. The molecule has 30 heavy (non-hydrogen) atoms. The van der Waals surface area contributed by atoms with Crippen molar-refractivity contribution in [1.82, 2.24) is 9.97 Å². The Labute approximate surface area is 181 Å². The molecule has 0 bridgehead atoms. The van der Waals surface area contributed by atoms with Gasteiger partial charge in [-0.25, -0.2) is 9.97 Å². The minimum Gasteiger partial charge on any atom is -0.494 e. The Bertz CT molecular complexity index is 699. The molecule has 0 aliphatic heterocycles. The molecule has 1 heterocycles. The maximum atomic E-state index is 5.79. The highest BCUT2D eigenvalue weighted by molar-refractivity contribution is 5.56. The predicted molar refractivity (Wildman–Crippen MR) is 122 cm³/mol. The monoisotopic (exact) mass is 412 g/mol. The first kappa shape index (κ1) is 23.9. The standard InChI is InChI=1S/C25H36N2O3/c1-3-5-6-7-8-9-18-30-24-20-26-25(27-21-24)22-12-14-23(15-13-22)29-19-11-10-17-28-16-4-2/h6-7,12-15,20-21H,3-5,8-11,16-19H2,1-2H3/b7-6+. The summed E-state index contributed by atoms with van der Waals surface area (Å²) in [5, 5.41) is 0. The second kappa shape index (κ2) is 15.4. The van der Waals surface area contributed by atoms with Gasteiger partial charge in [-0.3, -0.25) is 0 Å². The van der Waals surface area contributed by atoms with E-state index in [4.69, 9.17) is 14.2 Å². The van der Waals surface area contributed by atoms with Crippen LogP contribution in [0.5, 0.6) is 11.5 Å². The predicted octanol–water partition coefficient (Wildman–Crippen LogP) is 6.24. The summed E-state index contributed by atoms with van der Waals surface area (Å²) in [5.74, 6) is 2.25. The molecule has 5 heteroatoms. The van der Waals surface area contributed by atoms with Crippen LogP contribution >= 0.6 is 0 Å². The Morgan fingerprint density at radius 1 is 0.700 bits per heavy atom. The van der Waals surface area contributed by atoms with Gasteiger partial charge in [0.15, 0.2) is 11.6 Å². The van der Waals surface area contributed by atoms with Crippen LogP contribution in [0.3, 0.4) is 0 Å². The minimum atomic E-state index is 0.677. The average molecular weight is 413 g/mol. The Hall–Kier alpha value is -2.40. The van der Waals surface area contributed by atoms with Crippen molar-refractivity contribution in [2.24, 2.45) is 0 Å². The molecular formula is C25H36N2O3. The number of rotatable bonds is 16. The van der Waals surface area contributed by atoms with Crippen LogP contribution < -0.4 is 9.47 Å². The molecule has 0 radical (unpaired) electrons. The van der Waals surface area contributed by atoms with E-state index in [0.717, 1.165) is 63.1 Å². The van der Waals surface area contributed by atoms with Crippen LogP contribution in [0.1, 0.15) is 58.8 Å². The highest BCUT2D eigenvalue weighted by Crippen LogP contribution is 2.20. The summed E-state index contributed by atoms with van der Waals surface area (Å²) in [6, 6.07) is 7.89. The third kappa shape index (κ3) is 9.88. The summed E-state index contributed by atoms with van der Waals surface area (Å²) < 4.78 is 17.0. The zero-order valence-corrected chi connectivity index (χ0v) is 18.5. The molecule has 0 amide bonds. The van der Waals surface area contributed by atoms with Gasteiger partial charge in [0.2, 0.25) is 0 Å². The maximum absolute atomic E-state index is 5.79. The molecule has 1 aromatic heterocycles. The number of aromatic nitrogens is 2. The molecule has 0 saturated carbocycles. The quantitative estimate of drug-likeness (QED) is 0.241. The van der Waals surface area contributed by atoms with Crippen molar-refractivity contribution in [3.05, 3.63) is 48.8 Å². The minimum absolute atomic E-state index is 0.677. The van der Waals surface area contributed by atoms with Crippen molar-refractivity contribution < 1.29 is 14.2 Å². The van der Waals surface area contributed by atoms with Crippen molar-refractivity contribution >= 4 is 0 Å². The number of unbranched alkanes of at least 4 members (excludes halogenated alkanes) is 3. The van der Waals surface area contributed by atoms with Gasteiger partial charge in [0.1, 0.15) is 5.75 Å². The van der Waals surface area contributed by atoms with Gasteiger partial charge in [0.25, 0.3) is 0 Å². The largest absolute Gasteiger partial charge is 0.494 e. The fraction of sp³-hybridized carbons (Fsp3) is 0.520. The Kier molecular flexibility index (Phi) is 12.3. The van der Waals surface area contributed by atoms with Crippen LogP contribution in [-0.2, 0) is 4.74 Å². The van der Waals surface area contributed by atoms with Crippen LogP contribution in [0, 0.1) is 0 Å². The molecule has 2 aromatic rings. The van der Waals surface area contributed by atoms with Gasteiger partial charge in [0, 0.05) is 18.8 Å². The molecule has 0 aliphatic rings. The molecule has 5 nitrogen and oxygen atoms in total. The number of hydrogen-bond acceptors (Lipinski definition) is 5. The van der Waals surface area contributed by atoms with Crippen molar-refractivity contribution in [3.8, 4) is 22.9 Å². The van der Waals surface area contributed by atoms with Crippen molar-refractivity contribution in [2.75, 3.05) is 26.4 Å². The summed E-state index contributed by atoms with van der Waals surface area (Å²) >= 11 is 0. The van der Waals surface area contributed by atoms with Gasteiger partial charge in [-0.2, -0.15) is 0 Å². The summed E-state index contributed by atoms with van der Waals surface area (Å²) in [6.07, 6.45) is 15.4. The van der Waals surface area contributed by atoms with E-state index in [-0.39, 0.29) is 0 Å². The lowest BCUT2D eigenvalue weighted by Gasteiger charge is -2.08. The van der Waals surface area contributed by atoms with Gasteiger partial charge in [-0.05, 0) is 62.8 Å². The summed E-state index contributed by atoms with van der Waals surface area (Å²) in [4.78, 5) is 8.85. The highest BCUT2D eigenvalue weighted by atomic mass is 16.5. The van der Waals surface area contributed by atoms with Crippen LogP contribution in [0.25, 0.3) is 11.4 Å². The molecule has 0 atom stereocenters. The second-order valence-corrected chi connectivity index (χ2v) is 7.19. The third-order valence-electron chi connectivity index (χ3n) is 4.45. The second-order valence-electron chi connectivity index (χ2n) is 7.19. The summed E-state index contributed by atoms with van der Waals surface area (Å²) in [7, 11) is 0. The number of ether oxygens (including phenoxy) is 3. The number of allylic oxidation sites excluding steroid dienone is 2. The molecule has 0 saturated heterocycles. The van der Waals surface area contributed by atoms with E-state index in [0.29, 0.717) is 24.8 Å². The van der Waals surface area contributed by atoms with E-state index in [1.807, 2.05) is 24.3 Å². The fourth-order valence-electron chi connectivity index (χ4n) is 2.78. The van der Waals surface area contributed by atoms with E-state index < -0.39 is 0 Å². The normalized spacial score (nSPS) is 11.1. The molecule has 164 valence electrons. The van der Waals surface area contributed by atoms with E-state index in [1.54, 1.807) is 12.4 Å². The van der Waals surface area contributed by atoms with E-state index in [9.17, 15) is 0 Å². The lowest BCUT2D eigenvalue weighted by atomic mass is 10.2. The molecule has 0 unspecified atom stereocenters. The summed E-state index contributed by atoms with van der Waals surface area (Å²) in [5.41, 5.74) is 0.961. The first-order chi connectivity index (χ1) is 14.8.